The summed E-state index contributed by atoms with van der Waals surface area (Å²) in [5.74, 6) is 0.721. The summed E-state index contributed by atoms with van der Waals surface area (Å²) in [4.78, 5) is 31.0. The number of primary amides is 1. The van der Waals surface area contributed by atoms with Gasteiger partial charge in [-0.1, -0.05) is 29.8 Å². The number of aromatic nitrogens is 2. The number of aryl methyl sites for hydroxylation is 1. The van der Waals surface area contributed by atoms with Crippen molar-refractivity contribution in [2.24, 2.45) is 5.73 Å². The Morgan fingerprint density at radius 3 is 2.68 bits per heavy atom. The van der Waals surface area contributed by atoms with Gasteiger partial charge in [0.25, 0.3) is 5.56 Å². The van der Waals surface area contributed by atoms with Crippen LogP contribution in [-0.2, 0) is 24.4 Å². The Labute approximate surface area is 163 Å². The van der Waals surface area contributed by atoms with E-state index in [9.17, 15) is 9.59 Å². The van der Waals surface area contributed by atoms with E-state index in [0.29, 0.717) is 29.8 Å². The van der Waals surface area contributed by atoms with E-state index in [4.69, 9.17) is 10.5 Å². The van der Waals surface area contributed by atoms with Crippen molar-refractivity contribution in [3.63, 3.8) is 0 Å². The van der Waals surface area contributed by atoms with Crippen LogP contribution in [0.5, 0.6) is 5.75 Å². The third-order valence-corrected chi connectivity index (χ3v) is 4.54. The maximum atomic E-state index is 12.8. The molecule has 0 saturated carbocycles. The van der Waals surface area contributed by atoms with Crippen molar-refractivity contribution in [3.8, 4) is 5.75 Å². The minimum Gasteiger partial charge on any atom is -0.496 e. The number of hydrogen-bond donors (Lipinski definition) is 1. The number of nitrogens with zero attached hydrogens (tertiary/aromatic N) is 3. The molecule has 2 N–H and O–H groups in total. The molecule has 0 radical (unpaired) electrons. The number of hydrogen-bond acceptors (Lipinski definition) is 5. The maximum Gasteiger partial charge on any atom is 0.261 e. The van der Waals surface area contributed by atoms with E-state index in [0.717, 1.165) is 16.9 Å². The van der Waals surface area contributed by atoms with Crippen LogP contribution in [0.2, 0.25) is 0 Å². The zero-order valence-electron chi connectivity index (χ0n) is 16.3. The lowest BCUT2D eigenvalue weighted by Crippen LogP contribution is -2.33. The molecule has 0 aliphatic carbocycles. The van der Waals surface area contributed by atoms with Crippen LogP contribution in [0.3, 0.4) is 0 Å². The predicted octanol–water partition coefficient (Wildman–Crippen LogP) is 1.83. The fraction of sp³-hybridized carbons (Fsp3) is 0.286. The second-order valence-electron chi connectivity index (χ2n) is 6.89. The summed E-state index contributed by atoms with van der Waals surface area (Å²) < 4.78 is 6.80. The van der Waals surface area contributed by atoms with Crippen molar-refractivity contribution >= 4 is 16.8 Å². The van der Waals surface area contributed by atoms with Crippen molar-refractivity contribution in [1.29, 1.82) is 0 Å². The van der Waals surface area contributed by atoms with Gasteiger partial charge in [0.2, 0.25) is 5.91 Å². The van der Waals surface area contributed by atoms with Crippen molar-refractivity contribution in [2.45, 2.75) is 26.6 Å². The standard InChI is InChI=1S/C21H24N4O3/c1-14-8-9-18(28-3)15(10-14)11-24(2)13-20-23-17-7-5-4-6-16(17)21(27)25(20)12-19(22)26/h4-10H,11-13H2,1-3H3,(H2,22,26). The van der Waals surface area contributed by atoms with Crippen LogP contribution in [0.15, 0.2) is 47.3 Å². The Morgan fingerprint density at radius 1 is 1.21 bits per heavy atom. The Balaban J connectivity index is 1.95. The Bertz CT molecular complexity index is 1070. The fourth-order valence-corrected chi connectivity index (χ4v) is 3.27. The molecule has 0 bridgehead atoms. The highest BCUT2D eigenvalue weighted by molar-refractivity contribution is 5.78. The van der Waals surface area contributed by atoms with Gasteiger partial charge in [-0.3, -0.25) is 19.1 Å². The first-order valence-electron chi connectivity index (χ1n) is 8.98. The number of benzene rings is 2. The number of nitrogens with two attached hydrogens (primary N) is 1. The van der Waals surface area contributed by atoms with Crippen molar-refractivity contribution in [2.75, 3.05) is 14.2 Å². The fourth-order valence-electron chi connectivity index (χ4n) is 3.27. The minimum atomic E-state index is -0.580. The average molecular weight is 380 g/mol. The van der Waals surface area contributed by atoms with Crippen LogP contribution in [0.4, 0.5) is 0 Å². The number of rotatable bonds is 7. The third kappa shape index (κ3) is 4.20. The Morgan fingerprint density at radius 2 is 1.96 bits per heavy atom. The summed E-state index contributed by atoms with van der Waals surface area (Å²) in [5.41, 5.74) is 7.87. The molecule has 0 aliphatic rings. The molecule has 7 nitrogen and oxygen atoms in total. The highest BCUT2D eigenvalue weighted by Gasteiger charge is 2.15. The largest absolute Gasteiger partial charge is 0.496 e. The number of carbonyl (C=O) groups is 1. The van der Waals surface area contributed by atoms with Crippen LogP contribution in [0.25, 0.3) is 10.9 Å². The van der Waals surface area contributed by atoms with Gasteiger partial charge in [0.15, 0.2) is 0 Å². The Kier molecular flexibility index (Phi) is 5.75. The molecule has 1 heterocycles. The van der Waals surface area contributed by atoms with E-state index in [1.54, 1.807) is 25.3 Å². The second kappa shape index (κ2) is 8.22. The quantitative estimate of drug-likeness (QED) is 0.675. The third-order valence-electron chi connectivity index (χ3n) is 4.54. The lowest BCUT2D eigenvalue weighted by molar-refractivity contribution is -0.118. The first-order chi connectivity index (χ1) is 13.4. The molecule has 3 rings (SSSR count). The number of methoxy groups -OCH3 is 1. The van der Waals surface area contributed by atoms with Crippen molar-refractivity contribution in [1.82, 2.24) is 14.5 Å². The molecule has 7 heteroatoms. The number of carbonyl (C=O) groups excluding carboxylic acids is 1. The molecule has 28 heavy (non-hydrogen) atoms. The monoisotopic (exact) mass is 380 g/mol. The van der Waals surface area contributed by atoms with Crippen LogP contribution in [0.1, 0.15) is 17.0 Å². The molecule has 1 amide bonds. The normalized spacial score (nSPS) is 11.1. The predicted molar refractivity (Wildman–Crippen MR) is 108 cm³/mol. The highest BCUT2D eigenvalue weighted by atomic mass is 16.5. The van der Waals surface area contributed by atoms with Crippen LogP contribution in [0, 0.1) is 6.92 Å². The number of para-hydroxylation sites is 1. The van der Waals surface area contributed by atoms with E-state index < -0.39 is 5.91 Å². The summed E-state index contributed by atoms with van der Waals surface area (Å²) in [6, 6.07) is 13.1. The molecule has 0 spiro atoms. The van der Waals surface area contributed by atoms with E-state index >= 15 is 0 Å². The molecule has 0 fully saturated rings. The van der Waals surface area contributed by atoms with Crippen LogP contribution < -0.4 is 16.0 Å². The highest BCUT2D eigenvalue weighted by Crippen LogP contribution is 2.21. The molecule has 0 unspecified atom stereocenters. The SMILES string of the molecule is COc1ccc(C)cc1CN(C)Cc1nc2ccccc2c(=O)n1CC(N)=O. The number of ether oxygens (including phenoxy) is 1. The van der Waals surface area contributed by atoms with Crippen LogP contribution >= 0.6 is 0 Å². The molecule has 3 aromatic rings. The van der Waals surface area contributed by atoms with Gasteiger partial charge in [-0.15, -0.1) is 0 Å². The number of fused-ring (bicyclic) bond motifs is 1. The Hall–Kier alpha value is -3.19. The summed E-state index contributed by atoms with van der Waals surface area (Å²) in [7, 11) is 3.57. The lowest BCUT2D eigenvalue weighted by atomic mass is 10.1. The van der Waals surface area contributed by atoms with E-state index in [-0.39, 0.29) is 12.1 Å². The minimum absolute atomic E-state index is 0.201. The summed E-state index contributed by atoms with van der Waals surface area (Å²) >= 11 is 0. The van der Waals surface area contributed by atoms with E-state index in [1.807, 2.05) is 37.1 Å². The smallest absolute Gasteiger partial charge is 0.261 e. The topological polar surface area (TPSA) is 90.4 Å². The van der Waals surface area contributed by atoms with Crippen molar-refractivity contribution < 1.29 is 9.53 Å². The summed E-state index contributed by atoms with van der Waals surface area (Å²) in [5, 5.41) is 0.468. The molecule has 0 atom stereocenters. The van der Waals surface area contributed by atoms with Gasteiger partial charge in [0.1, 0.15) is 18.1 Å². The van der Waals surface area contributed by atoms with E-state index in [2.05, 4.69) is 11.1 Å². The second-order valence-corrected chi connectivity index (χ2v) is 6.89. The van der Waals surface area contributed by atoms with Gasteiger partial charge >= 0.3 is 0 Å². The summed E-state index contributed by atoms with van der Waals surface area (Å²) in [6.07, 6.45) is 0. The molecule has 2 aromatic carbocycles. The number of amides is 1. The molecule has 1 aromatic heterocycles. The van der Waals surface area contributed by atoms with E-state index in [1.165, 1.54) is 4.57 Å². The molecular weight excluding hydrogens is 356 g/mol. The molecule has 0 aliphatic heterocycles. The van der Waals surface area contributed by atoms with Gasteiger partial charge in [-0.25, -0.2) is 4.98 Å². The van der Waals surface area contributed by atoms with Gasteiger partial charge < -0.3 is 10.5 Å². The van der Waals surface area contributed by atoms with Gasteiger partial charge in [0.05, 0.1) is 24.6 Å². The molecular formula is C21H24N4O3. The first kappa shape index (κ1) is 19.6. The lowest BCUT2D eigenvalue weighted by Gasteiger charge is -2.20. The average Bonchev–Trinajstić information content (AvgIpc) is 2.65. The zero-order chi connectivity index (χ0) is 20.3. The van der Waals surface area contributed by atoms with Gasteiger partial charge in [-0.05, 0) is 32.2 Å². The van der Waals surface area contributed by atoms with Gasteiger partial charge in [0, 0.05) is 12.1 Å². The van der Waals surface area contributed by atoms with Crippen LogP contribution in [-0.4, -0.2) is 34.5 Å². The summed E-state index contributed by atoms with van der Waals surface area (Å²) in [6.45, 7) is 2.81. The van der Waals surface area contributed by atoms with Crippen molar-refractivity contribution in [3.05, 3.63) is 69.8 Å². The maximum absolute atomic E-state index is 12.8. The zero-order valence-corrected chi connectivity index (χ0v) is 16.3. The first-order valence-corrected chi connectivity index (χ1v) is 8.98. The van der Waals surface area contributed by atoms with Gasteiger partial charge in [-0.2, -0.15) is 0 Å². The molecule has 146 valence electrons. The molecule has 0 saturated heterocycles.